The van der Waals surface area contributed by atoms with E-state index in [1.165, 1.54) is 0 Å². The average molecular weight is 532 g/mol. The van der Waals surface area contributed by atoms with Gasteiger partial charge in [-0.3, -0.25) is 14.4 Å². The van der Waals surface area contributed by atoms with E-state index >= 15 is 0 Å². The van der Waals surface area contributed by atoms with E-state index in [2.05, 4.69) is 29.4 Å². The number of amides is 2. The molecule has 0 aromatic carbocycles. The van der Waals surface area contributed by atoms with Crippen LogP contribution in [0.4, 0.5) is 0 Å². The number of aliphatic hydroxyl groups is 1. The summed E-state index contributed by atoms with van der Waals surface area (Å²) in [5.74, 6) is -1.89. The third kappa shape index (κ3) is 4.02. The second-order valence-electron chi connectivity index (χ2n) is 8.83. The van der Waals surface area contributed by atoms with E-state index in [1.807, 2.05) is 6.92 Å². The van der Waals surface area contributed by atoms with E-state index < -0.39 is 28.7 Å². The van der Waals surface area contributed by atoms with Crippen molar-refractivity contribution in [3.05, 3.63) is 12.7 Å². The quantitative estimate of drug-likeness (QED) is 0.251. The van der Waals surface area contributed by atoms with Crippen molar-refractivity contribution in [2.45, 2.75) is 73.4 Å². The second-order valence-corrected chi connectivity index (χ2v) is 11.5. The summed E-state index contributed by atoms with van der Waals surface area (Å²) < 4.78 is 4.65. The Morgan fingerprint density at radius 3 is 2.72 bits per heavy atom. The molecule has 0 radical (unpaired) electrons. The van der Waals surface area contributed by atoms with Gasteiger partial charge in [0.25, 0.3) is 0 Å². The summed E-state index contributed by atoms with van der Waals surface area (Å²) >= 11 is 5.33. The van der Waals surface area contributed by atoms with Gasteiger partial charge in [0.15, 0.2) is 0 Å². The predicted octanol–water partition coefficient (Wildman–Crippen LogP) is 2.60. The molecule has 2 bridgehead atoms. The Labute approximate surface area is 203 Å². The maximum absolute atomic E-state index is 14.0. The van der Waals surface area contributed by atoms with Gasteiger partial charge in [-0.2, -0.15) is 0 Å². The van der Waals surface area contributed by atoms with Crippen molar-refractivity contribution < 1.29 is 24.2 Å². The molecule has 3 aliphatic heterocycles. The summed E-state index contributed by atoms with van der Waals surface area (Å²) in [5, 5.41) is 9.97. The molecule has 32 heavy (non-hydrogen) atoms. The van der Waals surface area contributed by atoms with Crippen LogP contribution in [0.2, 0.25) is 0 Å². The molecule has 3 fully saturated rings. The SMILES string of the molecule is C=CCN(CCCC)C(=O)C1N([C@@H](CC)CO)C(=O)[C@@H]2[C@H](C(=O)OCC)[C@H]3SC12CC3Br. The maximum Gasteiger partial charge on any atom is 0.310 e. The van der Waals surface area contributed by atoms with Crippen LogP contribution >= 0.6 is 27.7 Å². The number of carbonyl (C=O) groups excluding carboxylic acids is 3. The Bertz CT molecular complexity index is 748. The fraction of sp³-hybridized carbons (Fsp3) is 0.783. The third-order valence-corrected chi connectivity index (χ3v) is 10.3. The van der Waals surface area contributed by atoms with Crippen molar-refractivity contribution in [1.29, 1.82) is 0 Å². The molecule has 180 valence electrons. The fourth-order valence-corrected chi connectivity index (χ4v) is 9.21. The minimum absolute atomic E-state index is 0.0129. The van der Waals surface area contributed by atoms with Gasteiger partial charge in [0.1, 0.15) is 6.04 Å². The molecule has 3 rings (SSSR count). The molecule has 3 heterocycles. The Morgan fingerprint density at radius 2 is 2.16 bits per heavy atom. The average Bonchev–Trinajstić information content (AvgIpc) is 3.36. The van der Waals surface area contributed by atoms with Crippen LogP contribution in [0.25, 0.3) is 0 Å². The first-order valence-electron chi connectivity index (χ1n) is 11.6. The second kappa shape index (κ2) is 10.5. The molecule has 7 atom stereocenters. The number of nitrogens with zero attached hydrogens (tertiary/aromatic N) is 2. The third-order valence-electron chi connectivity index (χ3n) is 7.04. The van der Waals surface area contributed by atoms with Gasteiger partial charge in [-0.25, -0.2) is 0 Å². The van der Waals surface area contributed by atoms with Crippen LogP contribution in [0.3, 0.4) is 0 Å². The normalized spacial score (nSPS) is 33.8. The highest BCUT2D eigenvalue weighted by Gasteiger charge is 2.76. The van der Waals surface area contributed by atoms with E-state index in [0.29, 0.717) is 25.9 Å². The highest BCUT2D eigenvalue weighted by molar-refractivity contribution is 9.09. The lowest BCUT2D eigenvalue weighted by molar-refractivity contribution is -0.154. The zero-order chi connectivity index (χ0) is 23.6. The van der Waals surface area contributed by atoms with Gasteiger partial charge in [-0.1, -0.05) is 42.3 Å². The van der Waals surface area contributed by atoms with E-state index in [0.717, 1.165) is 12.8 Å². The molecular weight excluding hydrogens is 496 g/mol. The van der Waals surface area contributed by atoms with Crippen molar-refractivity contribution in [2.24, 2.45) is 11.8 Å². The monoisotopic (exact) mass is 530 g/mol. The van der Waals surface area contributed by atoms with Crippen LogP contribution in [-0.4, -0.2) is 85.9 Å². The molecule has 0 aromatic rings. The number of alkyl halides is 1. The molecule has 1 N–H and O–H groups in total. The highest BCUT2D eigenvalue weighted by Crippen LogP contribution is 2.68. The number of carbonyl (C=O) groups is 3. The predicted molar refractivity (Wildman–Crippen MR) is 129 cm³/mol. The Kier molecular flexibility index (Phi) is 8.36. The Balaban J connectivity index is 2.08. The van der Waals surface area contributed by atoms with Gasteiger partial charge >= 0.3 is 5.97 Å². The van der Waals surface area contributed by atoms with Crippen LogP contribution in [0.15, 0.2) is 12.7 Å². The molecule has 0 aromatic heterocycles. The number of aliphatic hydroxyl groups excluding tert-OH is 1. The molecule has 7 nitrogen and oxygen atoms in total. The molecule has 1 spiro atoms. The topological polar surface area (TPSA) is 87.2 Å². The van der Waals surface area contributed by atoms with Crippen LogP contribution in [0, 0.1) is 11.8 Å². The number of ether oxygens (including phenoxy) is 1. The summed E-state index contributed by atoms with van der Waals surface area (Å²) in [6.45, 7) is 10.6. The standard InChI is InChI=1S/C23H35BrN2O5S/c1-5-9-11-25(10-6-2)21(29)19-23-12-15(24)18(32-23)16(22(30)31-8-4)17(23)20(28)26(19)14(7-3)13-27/h6,14-19,27H,2,5,7-13H2,1,3-4H3/t14-,15?,16-,17-,18-,19?,23?/m0/s1. The van der Waals surface area contributed by atoms with E-state index in [9.17, 15) is 19.5 Å². The zero-order valence-corrected chi connectivity index (χ0v) is 21.6. The summed E-state index contributed by atoms with van der Waals surface area (Å²) in [7, 11) is 0. The van der Waals surface area contributed by atoms with Gasteiger partial charge in [0.05, 0.1) is 35.8 Å². The number of halogens is 1. The van der Waals surface area contributed by atoms with Gasteiger partial charge in [0.2, 0.25) is 11.8 Å². The lowest BCUT2D eigenvalue weighted by Crippen LogP contribution is -2.57. The molecule has 2 amide bonds. The van der Waals surface area contributed by atoms with E-state index in [-0.39, 0.29) is 41.1 Å². The van der Waals surface area contributed by atoms with Crippen LogP contribution in [-0.2, 0) is 19.1 Å². The minimum Gasteiger partial charge on any atom is -0.466 e. The van der Waals surface area contributed by atoms with Gasteiger partial charge < -0.3 is 19.6 Å². The number of unbranched alkanes of at least 4 members (excludes halogenated alkanes) is 1. The number of hydrogen-bond donors (Lipinski definition) is 1. The first kappa shape index (κ1) is 25.6. The Morgan fingerprint density at radius 1 is 1.44 bits per heavy atom. The van der Waals surface area contributed by atoms with Crippen molar-refractivity contribution in [2.75, 3.05) is 26.3 Å². The number of likely N-dealkylation sites (tertiary alicyclic amines) is 1. The van der Waals surface area contributed by atoms with E-state index in [1.54, 1.807) is 34.6 Å². The summed E-state index contributed by atoms with van der Waals surface area (Å²) in [6.07, 6.45) is 4.67. The summed E-state index contributed by atoms with van der Waals surface area (Å²) in [6, 6.07) is -1.19. The zero-order valence-electron chi connectivity index (χ0n) is 19.2. The molecule has 0 aliphatic carbocycles. The van der Waals surface area contributed by atoms with Gasteiger partial charge in [-0.05, 0) is 26.2 Å². The fourth-order valence-electron chi connectivity index (χ4n) is 5.63. The smallest absolute Gasteiger partial charge is 0.310 e. The number of fused-ring (bicyclic) bond motifs is 1. The largest absolute Gasteiger partial charge is 0.466 e. The lowest BCUT2D eigenvalue weighted by Gasteiger charge is -2.39. The number of esters is 1. The number of thioether (sulfide) groups is 1. The molecule has 3 aliphatic rings. The van der Waals surface area contributed by atoms with Crippen LogP contribution in [0.5, 0.6) is 0 Å². The maximum atomic E-state index is 14.0. The van der Waals surface area contributed by atoms with Crippen LogP contribution < -0.4 is 0 Å². The molecule has 0 saturated carbocycles. The lowest BCUT2D eigenvalue weighted by atomic mass is 9.71. The van der Waals surface area contributed by atoms with Crippen molar-refractivity contribution in [1.82, 2.24) is 9.80 Å². The summed E-state index contributed by atoms with van der Waals surface area (Å²) in [5.41, 5.74) is 0. The molecule has 9 heteroatoms. The van der Waals surface area contributed by atoms with Crippen molar-refractivity contribution in [3.63, 3.8) is 0 Å². The number of rotatable bonds is 11. The van der Waals surface area contributed by atoms with Crippen LogP contribution in [0.1, 0.15) is 46.5 Å². The van der Waals surface area contributed by atoms with Gasteiger partial charge in [-0.15, -0.1) is 18.3 Å². The molecule has 3 unspecified atom stereocenters. The first-order chi connectivity index (χ1) is 15.3. The minimum atomic E-state index is -0.719. The van der Waals surface area contributed by atoms with Crippen molar-refractivity contribution >= 4 is 45.5 Å². The Hall–Kier alpha value is -1.06. The van der Waals surface area contributed by atoms with Crippen molar-refractivity contribution in [3.8, 4) is 0 Å². The molecule has 3 saturated heterocycles. The highest BCUT2D eigenvalue weighted by atomic mass is 79.9. The van der Waals surface area contributed by atoms with E-state index in [4.69, 9.17) is 4.74 Å². The number of hydrogen-bond acceptors (Lipinski definition) is 6. The first-order valence-corrected chi connectivity index (χ1v) is 13.4. The van der Waals surface area contributed by atoms with Gasteiger partial charge in [0, 0.05) is 23.2 Å². The molecular formula is C23H35BrN2O5S. The summed E-state index contributed by atoms with van der Waals surface area (Å²) in [4.78, 5) is 44.2.